The summed E-state index contributed by atoms with van der Waals surface area (Å²) in [6.45, 7) is 4.47. The van der Waals surface area contributed by atoms with E-state index in [0.29, 0.717) is 56.5 Å². The summed E-state index contributed by atoms with van der Waals surface area (Å²) in [6, 6.07) is 5.81. The molecule has 0 bridgehead atoms. The van der Waals surface area contributed by atoms with Gasteiger partial charge in [-0.05, 0) is 101 Å². The van der Waals surface area contributed by atoms with Crippen LogP contribution in [-0.4, -0.2) is 66.7 Å². The summed E-state index contributed by atoms with van der Waals surface area (Å²) in [6.07, 6.45) is 8.89. The van der Waals surface area contributed by atoms with E-state index in [0.717, 1.165) is 56.5 Å². The molecule has 34 heavy (non-hydrogen) atoms. The van der Waals surface area contributed by atoms with E-state index in [1.54, 1.807) is 0 Å². The third kappa shape index (κ3) is 5.18. The fourth-order valence-electron chi connectivity index (χ4n) is 5.60. The lowest BCUT2D eigenvalue weighted by Crippen LogP contribution is -2.42. The molecule has 8 heteroatoms. The number of aromatic nitrogens is 1. The van der Waals surface area contributed by atoms with Gasteiger partial charge in [0.15, 0.2) is 5.58 Å². The Hall–Kier alpha value is -2.32. The molecule has 1 aromatic carbocycles. The topological polar surface area (TPSA) is 94.3 Å². The van der Waals surface area contributed by atoms with Crippen LogP contribution < -0.4 is 9.47 Å². The Bertz CT molecular complexity index is 955. The molecule has 1 saturated carbocycles. The molecule has 186 valence electrons. The SMILES string of the molecule is O=C(O)C1(CCN2CCC(COc3noc4cccc(OC5CCCC5)c34)CC2)CCOCC1. The van der Waals surface area contributed by atoms with Crippen molar-refractivity contribution < 1.29 is 28.6 Å². The zero-order valence-electron chi connectivity index (χ0n) is 19.9. The van der Waals surface area contributed by atoms with Gasteiger partial charge in [-0.3, -0.25) is 4.79 Å². The van der Waals surface area contributed by atoms with Crippen LogP contribution in [0.25, 0.3) is 11.0 Å². The van der Waals surface area contributed by atoms with E-state index in [4.69, 9.17) is 18.7 Å². The largest absolute Gasteiger partial charge is 0.489 e. The van der Waals surface area contributed by atoms with Gasteiger partial charge in [-0.15, -0.1) is 0 Å². The Balaban J connectivity index is 1.12. The van der Waals surface area contributed by atoms with Crippen molar-refractivity contribution in [3.63, 3.8) is 0 Å². The van der Waals surface area contributed by atoms with E-state index in [1.807, 2.05) is 18.2 Å². The van der Waals surface area contributed by atoms with Crippen molar-refractivity contribution in [3.05, 3.63) is 18.2 Å². The maximum absolute atomic E-state index is 11.9. The summed E-state index contributed by atoms with van der Waals surface area (Å²) in [5.41, 5.74) is 0.0746. The number of likely N-dealkylation sites (tertiary alicyclic amines) is 1. The first-order valence-electron chi connectivity index (χ1n) is 12.8. The quantitative estimate of drug-likeness (QED) is 0.570. The number of piperidine rings is 1. The predicted molar refractivity (Wildman–Crippen MR) is 126 cm³/mol. The third-order valence-electron chi connectivity index (χ3n) is 8.00. The number of aliphatic carboxylic acids is 1. The maximum Gasteiger partial charge on any atom is 0.309 e. The van der Waals surface area contributed by atoms with Crippen molar-refractivity contribution in [2.75, 3.05) is 39.5 Å². The number of hydrogen-bond donors (Lipinski definition) is 1. The lowest BCUT2D eigenvalue weighted by molar-refractivity contribution is -0.156. The number of ether oxygens (including phenoxy) is 3. The Labute approximate surface area is 200 Å². The molecule has 3 fully saturated rings. The highest BCUT2D eigenvalue weighted by Gasteiger charge is 2.40. The van der Waals surface area contributed by atoms with Crippen LogP contribution in [0.1, 0.15) is 57.8 Å². The van der Waals surface area contributed by atoms with Gasteiger partial charge in [0.2, 0.25) is 0 Å². The van der Waals surface area contributed by atoms with Gasteiger partial charge < -0.3 is 28.7 Å². The Morgan fingerprint density at radius 2 is 1.91 bits per heavy atom. The highest BCUT2D eigenvalue weighted by molar-refractivity contribution is 5.88. The average Bonchev–Trinajstić information content (AvgIpc) is 3.53. The second-order valence-corrected chi connectivity index (χ2v) is 10.2. The first-order chi connectivity index (χ1) is 16.6. The molecule has 1 N–H and O–H groups in total. The van der Waals surface area contributed by atoms with Gasteiger partial charge in [0.1, 0.15) is 11.1 Å². The van der Waals surface area contributed by atoms with Crippen molar-refractivity contribution >= 4 is 16.9 Å². The van der Waals surface area contributed by atoms with Crippen LogP contribution in [0, 0.1) is 11.3 Å². The molecule has 0 atom stereocenters. The van der Waals surface area contributed by atoms with Crippen molar-refractivity contribution in [1.29, 1.82) is 0 Å². The summed E-state index contributed by atoms with van der Waals surface area (Å²) in [5.74, 6) is 1.10. The molecule has 0 amide bonds. The van der Waals surface area contributed by atoms with E-state index in [9.17, 15) is 9.90 Å². The number of rotatable bonds is 9. The van der Waals surface area contributed by atoms with Gasteiger partial charge >= 0.3 is 5.97 Å². The zero-order chi connectivity index (χ0) is 23.4. The van der Waals surface area contributed by atoms with Crippen LogP contribution in [0.5, 0.6) is 11.6 Å². The zero-order valence-corrected chi connectivity index (χ0v) is 19.9. The fraction of sp³-hybridized carbons (Fsp3) is 0.692. The molecular weight excluding hydrogens is 436 g/mol. The molecule has 0 unspecified atom stereocenters. The summed E-state index contributed by atoms with van der Waals surface area (Å²) < 4.78 is 23.3. The molecule has 1 aromatic heterocycles. The van der Waals surface area contributed by atoms with Crippen LogP contribution in [0.3, 0.4) is 0 Å². The minimum atomic E-state index is -0.671. The first kappa shape index (κ1) is 23.4. The van der Waals surface area contributed by atoms with Crippen molar-refractivity contribution in [2.24, 2.45) is 11.3 Å². The van der Waals surface area contributed by atoms with Gasteiger partial charge in [-0.1, -0.05) is 6.07 Å². The fourth-order valence-corrected chi connectivity index (χ4v) is 5.60. The Kier molecular flexibility index (Phi) is 7.25. The van der Waals surface area contributed by atoms with E-state index in [-0.39, 0.29) is 6.10 Å². The number of benzene rings is 1. The highest BCUT2D eigenvalue weighted by atomic mass is 16.5. The third-order valence-corrected chi connectivity index (χ3v) is 8.00. The van der Waals surface area contributed by atoms with E-state index >= 15 is 0 Å². The van der Waals surface area contributed by atoms with Crippen LogP contribution in [-0.2, 0) is 9.53 Å². The van der Waals surface area contributed by atoms with Gasteiger partial charge in [0, 0.05) is 13.2 Å². The molecule has 0 spiro atoms. The summed E-state index contributed by atoms with van der Waals surface area (Å²) in [7, 11) is 0. The van der Waals surface area contributed by atoms with Crippen LogP contribution in [0.2, 0.25) is 0 Å². The Morgan fingerprint density at radius 3 is 2.65 bits per heavy atom. The van der Waals surface area contributed by atoms with E-state index < -0.39 is 11.4 Å². The molecule has 2 aromatic rings. The van der Waals surface area contributed by atoms with Crippen molar-refractivity contribution in [3.8, 4) is 11.6 Å². The minimum Gasteiger partial charge on any atom is -0.489 e. The van der Waals surface area contributed by atoms with Crippen molar-refractivity contribution in [2.45, 2.75) is 63.9 Å². The van der Waals surface area contributed by atoms with E-state index in [1.165, 1.54) is 12.8 Å². The number of fused-ring (bicyclic) bond motifs is 1. The summed E-state index contributed by atoms with van der Waals surface area (Å²) in [4.78, 5) is 14.3. The molecule has 2 saturated heterocycles. The standard InChI is InChI=1S/C26H36N2O6/c29-25(30)26(11-16-31-17-12-26)10-15-28-13-8-19(9-14-28)18-32-24-23-21(33-20-4-1-2-5-20)6-3-7-22(23)34-27-24/h3,6-7,19-20H,1-2,4-5,8-18H2,(H,29,30). The summed E-state index contributed by atoms with van der Waals surface area (Å²) >= 11 is 0. The second kappa shape index (κ2) is 10.5. The second-order valence-electron chi connectivity index (χ2n) is 10.2. The van der Waals surface area contributed by atoms with Gasteiger partial charge in [0.05, 0.1) is 18.1 Å². The van der Waals surface area contributed by atoms with Gasteiger partial charge in [-0.25, -0.2) is 0 Å². The molecular formula is C26H36N2O6. The van der Waals surface area contributed by atoms with E-state index in [2.05, 4.69) is 10.1 Å². The normalized spacial score (nSPS) is 22.2. The van der Waals surface area contributed by atoms with Crippen LogP contribution in [0.4, 0.5) is 0 Å². The molecule has 3 heterocycles. The molecule has 3 aliphatic rings. The number of carboxylic acids is 1. The average molecular weight is 473 g/mol. The molecule has 1 aliphatic carbocycles. The molecule has 8 nitrogen and oxygen atoms in total. The number of carboxylic acid groups (broad SMARTS) is 1. The maximum atomic E-state index is 11.9. The highest BCUT2D eigenvalue weighted by Crippen LogP contribution is 2.37. The van der Waals surface area contributed by atoms with Crippen molar-refractivity contribution in [1.82, 2.24) is 10.1 Å². The smallest absolute Gasteiger partial charge is 0.309 e. The number of carbonyl (C=O) groups is 1. The number of nitrogens with zero attached hydrogens (tertiary/aromatic N) is 2. The first-order valence-corrected chi connectivity index (χ1v) is 12.8. The summed E-state index contributed by atoms with van der Waals surface area (Å²) in [5, 5.41) is 14.8. The van der Waals surface area contributed by atoms with Crippen LogP contribution in [0.15, 0.2) is 22.7 Å². The molecule has 5 rings (SSSR count). The van der Waals surface area contributed by atoms with Gasteiger partial charge in [0.25, 0.3) is 5.88 Å². The van der Waals surface area contributed by atoms with Crippen LogP contribution >= 0.6 is 0 Å². The monoisotopic (exact) mass is 472 g/mol. The lowest BCUT2D eigenvalue weighted by atomic mass is 9.77. The number of hydrogen-bond acceptors (Lipinski definition) is 7. The van der Waals surface area contributed by atoms with Gasteiger partial charge in [-0.2, -0.15) is 0 Å². The molecule has 2 aliphatic heterocycles. The lowest BCUT2D eigenvalue weighted by Gasteiger charge is -2.37. The minimum absolute atomic E-state index is 0.263. The Morgan fingerprint density at radius 1 is 1.15 bits per heavy atom. The molecule has 0 radical (unpaired) electrons. The predicted octanol–water partition coefficient (Wildman–Crippen LogP) is 4.51.